The normalized spacial score (nSPS) is 47.6. The first-order valence-electron chi connectivity index (χ1n) is 11.8. The Balaban J connectivity index is 1.59. The molecular weight excluding hydrogens is 364 g/mol. The van der Waals surface area contributed by atoms with Crippen molar-refractivity contribution in [1.29, 1.82) is 0 Å². The van der Waals surface area contributed by atoms with Crippen molar-refractivity contribution in [3.8, 4) is 0 Å². The summed E-state index contributed by atoms with van der Waals surface area (Å²) in [6.07, 6.45) is 12.3. The molecule has 4 aliphatic carbocycles. The zero-order valence-electron chi connectivity index (χ0n) is 18.7. The number of carboxylic acid groups (broad SMARTS) is 1. The van der Waals surface area contributed by atoms with Crippen LogP contribution in [-0.2, 0) is 9.53 Å². The van der Waals surface area contributed by atoms with Crippen LogP contribution in [0.4, 0.5) is 0 Å². The molecule has 2 N–H and O–H groups in total. The number of carbonyl (C=O) groups is 1. The summed E-state index contributed by atoms with van der Waals surface area (Å²) in [7, 11) is 1.81. The number of aliphatic carboxylic acids is 1. The lowest BCUT2D eigenvalue weighted by Crippen LogP contribution is -2.61. The number of hydrogen-bond donors (Lipinski definition) is 2. The number of rotatable bonds is 5. The van der Waals surface area contributed by atoms with E-state index in [1.165, 1.54) is 12.8 Å². The monoisotopic (exact) mass is 404 g/mol. The molecule has 0 bridgehead atoms. The first-order chi connectivity index (χ1) is 13.7. The summed E-state index contributed by atoms with van der Waals surface area (Å²) in [6, 6.07) is 0. The minimum absolute atomic E-state index is 0.0760. The van der Waals surface area contributed by atoms with Gasteiger partial charge in [-0.05, 0) is 92.3 Å². The highest BCUT2D eigenvalue weighted by atomic mass is 16.5. The molecule has 0 amide bonds. The van der Waals surface area contributed by atoms with E-state index in [0.717, 1.165) is 44.9 Å². The molecular formula is C25H40O4. The zero-order chi connectivity index (χ0) is 21.0. The van der Waals surface area contributed by atoms with Crippen molar-refractivity contribution >= 4 is 5.97 Å². The maximum absolute atomic E-state index is 12.2. The molecule has 3 saturated carbocycles. The maximum atomic E-state index is 12.2. The molecule has 4 aliphatic rings. The summed E-state index contributed by atoms with van der Waals surface area (Å²) in [6.45, 7) is 6.99. The summed E-state index contributed by atoms with van der Waals surface area (Å²) < 4.78 is 5.64. The number of allylic oxidation sites excluding steroid dienone is 1. The number of ether oxygens (including phenoxy) is 1. The third-order valence-corrected chi connectivity index (χ3v) is 10.1. The zero-order valence-corrected chi connectivity index (χ0v) is 18.7. The smallest absolute Gasteiger partial charge is 0.303 e. The minimum Gasteiger partial charge on any atom is -0.481 e. The number of carboxylic acids is 1. The SMILES string of the molecule is CO[C@H]1C=C2CCC3[C@H](CC[C@]4(C)C(C(C)CCC(=O)O)CC[C@@]34O)[C@@]2(C)CC1. The van der Waals surface area contributed by atoms with E-state index in [4.69, 9.17) is 9.84 Å². The van der Waals surface area contributed by atoms with Crippen LogP contribution in [0, 0.1) is 34.5 Å². The average molecular weight is 405 g/mol. The molecule has 4 heteroatoms. The Hall–Kier alpha value is -0.870. The van der Waals surface area contributed by atoms with Crippen molar-refractivity contribution in [3.05, 3.63) is 11.6 Å². The van der Waals surface area contributed by atoms with Crippen LogP contribution < -0.4 is 0 Å². The van der Waals surface area contributed by atoms with Gasteiger partial charge in [0.1, 0.15) is 0 Å². The molecule has 164 valence electrons. The molecule has 0 aliphatic heterocycles. The van der Waals surface area contributed by atoms with Crippen LogP contribution in [0.25, 0.3) is 0 Å². The van der Waals surface area contributed by atoms with Crippen LogP contribution in [0.5, 0.6) is 0 Å². The van der Waals surface area contributed by atoms with Crippen LogP contribution in [0.3, 0.4) is 0 Å². The summed E-state index contributed by atoms with van der Waals surface area (Å²) in [5.41, 5.74) is 1.12. The van der Waals surface area contributed by atoms with E-state index in [1.807, 2.05) is 7.11 Å². The molecule has 0 aromatic rings. The van der Waals surface area contributed by atoms with Crippen molar-refractivity contribution in [2.24, 2.45) is 34.5 Å². The van der Waals surface area contributed by atoms with E-state index in [0.29, 0.717) is 23.7 Å². The molecule has 3 fully saturated rings. The molecule has 8 atom stereocenters. The van der Waals surface area contributed by atoms with Crippen molar-refractivity contribution < 1.29 is 19.7 Å². The van der Waals surface area contributed by atoms with Crippen LogP contribution in [0.2, 0.25) is 0 Å². The predicted molar refractivity (Wildman–Crippen MR) is 113 cm³/mol. The van der Waals surface area contributed by atoms with E-state index >= 15 is 0 Å². The predicted octanol–water partition coefficient (Wildman–Crippen LogP) is 5.20. The number of hydrogen-bond acceptors (Lipinski definition) is 3. The second-order valence-electron chi connectivity index (χ2n) is 11.1. The quantitative estimate of drug-likeness (QED) is 0.618. The molecule has 0 saturated heterocycles. The second kappa shape index (κ2) is 7.37. The third kappa shape index (κ3) is 3.12. The molecule has 0 aromatic heterocycles. The molecule has 0 spiro atoms. The molecule has 0 heterocycles. The van der Waals surface area contributed by atoms with Gasteiger partial charge in [0.05, 0.1) is 11.7 Å². The lowest BCUT2D eigenvalue weighted by atomic mass is 9.44. The standard InChI is InChI=1S/C25H40O4/c1-16(5-8-22(26)27)19-11-14-25(28)21-7-6-17-15-18(29-4)9-12-23(17,2)20(21)10-13-24(19,25)3/h15-16,18-21,28H,5-14H2,1-4H3,(H,26,27)/t16?,18-,19?,20+,21?,23+,24-,25-/m1/s1. The van der Waals surface area contributed by atoms with Crippen molar-refractivity contribution in [2.75, 3.05) is 7.11 Å². The van der Waals surface area contributed by atoms with E-state index in [-0.39, 0.29) is 23.4 Å². The fourth-order valence-electron chi connectivity index (χ4n) is 8.36. The van der Waals surface area contributed by atoms with Gasteiger partial charge in [-0.3, -0.25) is 4.79 Å². The topological polar surface area (TPSA) is 66.8 Å². The first kappa shape index (κ1) is 21.4. The van der Waals surface area contributed by atoms with Gasteiger partial charge in [0.15, 0.2) is 0 Å². The fourth-order valence-corrected chi connectivity index (χ4v) is 8.36. The molecule has 0 aromatic carbocycles. The van der Waals surface area contributed by atoms with Gasteiger partial charge in [-0.1, -0.05) is 32.4 Å². The first-order valence-corrected chi connectivity index (χ1v) is 11.8. The van der Waals surface area contributed by atoms with Crippen molar-refractivity contribution in [2.45, 2.75) is 96.7 Å². The van der Waals surface area contributed by atoms with E-state index in [9.17, 15) is 9.90 Å². The summed E-state index contributed by atoms with van der Waals surface area (Å²) in [5, 5.41) is 21.3. The average Bonchev–Trinajstić information content (AvgIpc) is 2.97. The van der Waals surface area contributed by atoms with Crippen molar-refractivity contribution in [1.82, 2.24) is 0 Å². The van der Waals surface area contributed by atoms with Crippen LogP contribution in [0.15, 0.2) is 11.6 Å². The summed E-state index contributed by atoms with van der Waals surface area (Å²) in [4.78, 5) is 11.1. The van der Waals surface area contributed by atoms with E-state index in [1.54, 1.807) is 5.57 Å². The highest BCUT2D eigenvalue weighted by molar-refractivity contribution is 5.66. The van der Waals surface area contributed by atoms with Gasteiger partial charge in [0.25, 0.3) is 0 Å². The van der Waals surface area contributed by atoms with Crippen LogP contribution in [0.1, 0.15) is 85.0 Å². The number of fused-ring (bicyclic) bond motifs is 5. The summed E-state index contributed by atoms with van der Waals surface area (Å²) in [5.74, 6) is 1.02. The van der Waals surface area contributed by atoms with Gasteiger partial charge < -0.3 is 14.9 Å². The number of methoxy groups -OCH3 is 1. The van der Waals surface area contributed by atoms with E-state index < -0.39 is 11.6 Å². The Kier molecular flexibility index (Phi) is 5.43. The van der Waals surface area contributed by atoms with Crippen LogP contribution >= 0.6 is 0 Å². The largest absolute Gasteiger partial charge is 0.481 e. The van der Waals surface area contributed by atoms with Gasteiger partial charge >= 0.3 is 5.97 Å². The Morgan fingerprint density at radius 1 is 1.17 bits per heavy atom. The van der Waals surface area contributed by atoms with Crippen LogP contribution in [-0.4, -0.2) is 35.0 Å². The van der Waals surface area contributed by atoms with Gasteiger partial charge in [-0.25, -0.2) is 0 Å². The molecule has 4 rings (SSSR count). The summed E-state index contributed by atoms with van der Waals surface area (Å²) >= 11 is 0. The Morgan fingerprint density at radius 2 is 1.93 bits per heavy atom. The molecule has 3 unspecified atom stereocenters. The Morgan fingerprint density at radius 3 is 2.62 bits per heavy atom. The lowest BCUT2D eigenvalue weighted by molar-refractivity contribution is -0.188. The van der Waals surface area contributed by atoms with Gasteiger partial charge in [0, 0.05) is 13.5 Å². The molecule has 0 radical (unpaired) electrons. The highest BCUT2D eigenvalue weighted by Crippen LogP contribution is 2.69. The van der Waals surface area contributed by atoms with E-state index in [2.05, 4.69) is 26.8 Å². The third-order valence-electron chi connectivity index (χ3n) is 10.1. The fraction of sp³-hybridized carbons (Fsp3) is 0.880. The minimum atomic E-state index is -0.704. The van der Waals surface area contributed by atoms with Crippen molar-refractivity contribution in [3.63, 3.8) is 0 Å². The second-order valence-corrected chi connectivity index (χ2v) is 11.1. The van der Waals surface area contributed by atoms with Gasteiger partial charge in [-0.15, -0.1) is 0 Å². The molecule has 29 heavy (non-hydrogen) atoms. The number of aliphatic hydroxyl groups is 1. The van der Waals surface area contributed by atoms with Gasteiger partial charge in [0.2, 0.25) is 0 Å². The Bertz CT molecular complexity index is 686. The Labute approximate surface area is 176 Å². The lowest BCUT2D eigenvalue weighted by Gasteiger charge is -2.62. The highest BCUT2D eigenvalue weighted by Gasteiger charge is 2.66. The molecule has 4 nitrogen and oxygen atoms in total. The maximum Gasteiger partial charge on any atom is 0.303 e. The van der Waals surface area contributed by atoms with Gasteiger partial charge in [-0.2, -0.15) is 0 Å².